The van der Waals surface area contributed by atoms with Crippen LogP contribution >= 0.6 is 0 Å². The highest BCUT2D eigenvalue weighted by molar-refractivity contribution is 5.89. The molecule has 4 nitrogen and oxygen atoms in total. The van der Waals surface area contributed by atoms with Gasteiger partial charge >= 0.3 is 0 Å². The summed E-state index contributed by atoms with van der Waals surface area (Å²) < 4.78 is 26.2. The second kappa shape index (κ2) is 6.74. The lowest BCUT2D eigenvalue weighted by Gasteiger charge is -2.33. The smallest absolute Gasteiger partial charge is 0.297 e. The van der Waals surface area contributed by atoms with E-state index in [2.05, 4.69) is 21.9 Å². The Hall–Kier alpha value is -1.82. The van der Waals surface area contributed by atoms with Crippen molar-refractivity contribution in [2.45, 2.75) is 19.3 Å². The summed E-state index contributed by atoms with van der Waals surface area (Å²) in [5, 5.41) is 0.823. The number of halogens is 2. The van der Waals surface area contributed by atoms with Crippen molar-refractivity contribution in [1.82, 2.24) is 14.9 Å². The zero-order valence-corrected chi connectivity index (χ0v) is 13.5. The molecule has 1 aliphatic heterocycles. The molecular formula is C17H22F2N4. The van der Waals surface area contributed by atoms with Crippen LogP contribution in [0.4, 0.5) is 14.6 Å². The molecule has 1 unspecified atom stereocenters. The zero-order chi connectivity index (χ0) is 16.4. The van der Waals surface area contributed by atoms with Gasteiger partial charge in [-0.05, 0) is 44.5 Å². The maximum absolute atomic E-state index is 13.1. The van der Waals surface area contributed by atoms with E-state index < -0.39 is 12.2 Å². The highest BCUT2D eigenvalue weighted by atomic mass is 19.3. The lowest BCUT2D eigenvalue weighted by molar-refractivity contribution is 0.141. The number of alkyl halides is 2. The molecule has 3 rings (SSSR count). The molecule has 0 saturated carbocycles. The summed E-state index contributed by atoms with van der Waals surface area (Å²) in [5.74, 6) is 0.730. The van der Waals surface area contributed by atoms with Crippen molar-refractivity contribution in [3.63, 3.8) is 0 Å². The van der Waals surface area contributed by atoms with Gasteiger partial charge in [-0.15, -0.1) is 0 Å². The maximum Gasteiger partial charge on any atom is 0.297 e. The Morgan fingerprint density at radius 1 is 1.30 bits per heavy atom. The van der Waals surface area contributed by atoms with Crippen LogP contribution in [0, 0.1) is 5.92 Å². The molecule has 0 N–H and O–H groups in total. The van der Waals surface area contributed by atoms with E-state index in [1.54, 1.807) is 6.07 Å². The average Bonchev–Trinajstić information content (AvgIpc) is 2.53. The van der Waals surface area contributed by atoms with E-state index in [0.717, 1.165) is 25.0 Å². The number of hydrogen-bond donors (Lipinski definition) is 0. The van der Waals surface area contributed by atoms with Gasteiger partial charge in [-0.2, -0.15) is 0 Å². The Labute approximate surface area is 135 Å². The average molecular weight is 320 g/mol. The van der Waals surface area contributed by atoms with Crippen LogP contribution in [0.2, 0.25) is 0 Å². The van der Waals surface area contributed by atoms with Crippen LogP contribution in [-0.4, -0.2) is 48.6 Å². The van der Waals surface area contributed by atoms with Crippen LogP contribution in [0.1, 0.15) is 25.1 Å². The summed E-state index contributed by atoms with van der Waals surface area (Å²) >= 11 is 0. The minimum Gasteiger partial charge on any atom is -0.359 e. The number of benzene rings is 1. The predicted octanol–water partition coefficient (Wildman–Crippen LogP) is 3.35. The molecule has 1 atom stereocenters. The first-order valence-electron chi connectivity index (χ1n) is 7.99. The first-order chi connectivity index (χ1) is 11.0. The number of piperidine rings is 1. The van der Waals surface area contributed by atoms with E-state index in [1.165, 1.54) is 12.8 Å². The van der Waals surface area contributed by atoms with E-state index in [4.69, 9.17) is 0 Å². The fourth-order valence-corrected chi connectivity index (χ4v) is 3.36. The monoisotopic (exact) mass is 320 g/mol. The number of fused-ring (bicyclic) bond motifs is 1. The number of likely N-dealkylation sites (tertiary alicyclic amines) is 1. The van der Waals surface area contributed by atoms with Crippen molar-refractivity contribution in [2.24, 2.45) is 5.92 Å². The fourth-order valence-electron chi connectivity index (χ4n) is 3.36. The molecule has 1 aromatic carbocycles. The minimum atomic E-state index is -2.66. The van der Waals surface area contributed by atoms with Crippen molar-refractivity contribution in [3.8, 4) is 0 Å². The Balaban J connectivity index is 1.90. The quantitative estimate of drug-likeness (QED) is 0.865. The lowest BCUT2D eigenvalue weighted by Crippen LogP contribution is -2.38. The number of hydrogen-bond acceptors (Lipinski definition) is 4. The zero-order valence-electron chi connectivity index (χ0n) is 13.5. The molecule has 0 bridgehead atoms. The summed E-state index contributed by atoms with van der Waals surface area (Å²) in [4.78, 5) is 12.4. The minimum absolute atomic E-state index is 0.397. The Morgan fingerprint density at radius 3 is 2.83 bits per heavy atom. The van der Waals surface area contributed by atoms with Gasteiger partial charge < -0.3 is 9.80 Å². The molecule has 0 radical (unpaired) electrons. The van der Waals surface area contributed by atoms with Crippen molar-refractivity contribution in [1.29, 1.82) is 0 Å². The van der Waals surface area contributed by atoms with Gasteiger partial charge in [-0.3, -0.25) is 0 Å². The molecule has 1 fully saturated rings. The Morgan fingerprint density at radius 2 is 2.09 bits per heavy atom. The third-order valence-corrected chi connectivity index (χ3v) is 4.41. The molecule has 0 spiro atoms. The largest absolute Gasteiger partial charge is 0.359 e. The van der Waals surface area contributed by atoms with Crippen LogP contribution in [0.15, 0.2) is 24.3 Å². The highest BCUT2D eigenvalue weighted by Gasteiger charge is 2.22. The first kappa shape index (κ1) is 16.1. The van der Waals surface area contributed by atoms with E-state index in [1.807, 2.05) is 30.1 Å². The van der Waals surface area contributed by atoms with Crippen LogP contribution in [0.5, 0.6) is 0 Å². The molecule has 2 heterocycles. The number of rotatable bonds is 4. The van der Waals surface area contributed by atoms with Gasteiger partial charge in [-0.25, -0.2) is 18.7 Å². The molecule has 2 aromatic rings. The molecule has 1 aromatic heterocycles. The summed E-state index contributed by atoms with van der Waals surface area (Å²) in [6.07, 6.45) is -0.311. The molecule has 1 saturated heterocycles. The SMILES string of the molecule is CN1CCCC(CN(C)c2nc(C(F)F)nc3ccccc23)C1. The van der Waals surface area contributed by atoms with Crippen LogP contribution in [0.3, 0.4) is 0 Å². The van der Waals surface area contributed by atoms with Gasteiger partial charge in [0.2, 0.25) is 0 Å². The molecule has 23 heavy (non-hydrogen) atoms. The third-order valence-electron chi connectivity index (χ3n) is 4.41. The Bertz CT molecular complexity index is 677. The molecule has 0 amide bonds. The van der Waals surface area contributed by atoms with Gasteiger partial charge in [0.1, 0.15) is 5.82 Å². The number of aromatic nitrogens is 2. The third kappa shape index (κ3) is 3.58. The van der Waals surface area contributed by atoms with Gasteiger partial charge in [-0.1, -0.05) is 12.1 Å². The van der Waals surface area contributed by atoms with Crippen LogP contribution < -0.4 is 4.90 Å². The normalized spacial score (nSPS) is 19.4. The van der Waals surface area contributed by atoms with Crippen LogP contribution in [-0.2, 0) is 0 Å². The summed E-state index contributed by atoms with van der Waals surface area (Å²) in [5.41, 5.74) is 0.570. The number of para-hydroxylation sites is 1. The number of anilines is 1. The molecule has 1 aliphatic rings. The highest BCUT2D eigenvalue weighted by Crippen LogP contribution is 2.27. The van der Waals surface area contributed by atoms with Crippen molar-refractivity contribution in [2.75, 3.05) is 38.6 Å². The second-order valence-corrected chi connectivity index (χ2v) is 6.37. The first-order valence-corrected chi connectivity index (χ1v) is 7.99. The van der Waals surface area contributed by atoms with Gasteiger partial charge in [0.25, 0.3) is 6.43 Å². The Kier molecular flexibility index (Phi) is 4.71. The standard InChI is InChI=1S/C17H22F2N4/c1-22-9-5-6-12(10-22)11-23(2)17-13-7-3-4-8-14(13)20-16(21-17)15(18)19/h3-4,7-8,12,15H,5-6,9-11H2,1-2H3. The van der Waals surface area contributed by atoms with Crippen molar-refractivity contribution < 1.29 is 8.78 Å². The van der Waals surface area contributed by atoms with Gasteiger partial charge in [0.05, 0.1) is 5.52 Å². The molecule has 6 heteroatoms. The predicted molar refractivity (Wildman–Crippen MR) is 88.0 cm³/mol. The summed E-state index contributed by atoms with van der Waals surface area (Å²) in [6.45, 7) is 2.98. The van der Waals surface area contributed by atoms with E-state index >= 15 is 0 Å². The van der Waals surface area contributed by atoms with E-state index in [0.29, 0.717) is 17.3 Å². The maximum atomic E-state index is 13.1. The van der Waals surface area contributed by atoms with E-state index in [9.17, 15) is 8.78 Å². The molecule has 124 valence electrons. The second-order valence-electron chi connectivity index (χ2n) is 6.37. The van der Waals surface area contributed by atoms with E-state index in [-0.39, 0.29) is 0 Å². The lowest BCUT2D eigenvalue weighted by atomic mass is 9.98. The summed E-state index contributed by atoms with van der Waals surface area (Å²) in [7, 11) is 4.06. The van der Waals surface area contributed by atoms with Crippen LogP contribution in [0.25, 0.3) is 10.9 Å². The number of nitrogens with zero attached hydrogens (tertiary/aromatic N) is 4. The topological polar surface area (TPSA) is 32.3 Å². The molecular weight excluding hydrogens is 298 g/mol. The summed E-state index contributed by atoms with van der Waals surface area (Å²) in [6, 6.07) is 7.35. The van der Waals surface area contributed by atoms with Crippen molar-refractivity contribution in [3.05, 3.63) is 30.1 Å². The van der Waals surface area contributed by atoms with Gasteiger partial charge in [0, 0.05) is 25.5 Å². The fraction of sp³-hybridized carbons (Fsp3) is 0.529. The van der Waals surface area contributed by atoms with Crippen molar-refractivity contribution >= 4 is 16.7 Å². The molecule has 0 aliphatic carbocycles. The van der Waals surface area contributed by atoms with Gasteiger partial charge in [0.15, 0.2) is 5.82 Å².